The third-order valence-electron chi connectivity index (χ3n) is 11.3. The highest BCUT2D eigenvalue weighted by molar-refractivity contribution is 5.71. The van der Waals surface area contributed by atoms with E-state index in [1.54, 1.807) is 0 Å². The van der Waals surface area contributed by atoms with E-state index in [4.69, 9.17) is 14.2 Å². The van der Waals surface area contributed by atoms with Crippen molar-refractivity contribution in [2.24, 2.45) is 0 Å². The molecule has 0 aliphatic heterocycles. The summed E-state index contributed by atoms with van der Waals surface area (Å²) < 4.78 is 16.8. The smallest absolute Gasteiger partial charge is 0.306 e. The van der Waals surface area contributed by atoms with Crippen LogP contribution in [0.5, 0.6) is 0 Å². The second kappa shape index (κ2) is 50.8. The van der Waals surface area contributed by atoms with Gasteiger partial charge in [0.2, 0.25) is 0 Å². The van der Waals surface area contributed by atoms with Gasteiger partial charge in [0.1, 0.15) is 13.2 Å². The minimum atomic E-state index is -0.786. The van der Waals surface area contributed by atoms with Crippen molar-refractivity contribution in [3.63, 3.8) is 0 Å². The fourth-order valence-electron chi connectivity index (χ4n) is 7.38. The summed E-state index contributed by atoms with van der Waals surface area (Å²) in [7, 11) is 0. The van der Waals surface area contributed by atoms with Gasteiger partial charge in [-0.3, -0.25) is 14.4 Å². The van der Waals surface area contributed by atoms with Gasteiger partial charge in [0.25, 0.3) is 0 Å². The van der Waals surface area contributed by atoms with Crippen LogP contribution >= 0.6 is 0 Å². The second-order valence-corrected chi connectivity index (χ2v) is 17.4. The van der Waals surface area contributed by atoms with E-state index in [2.05, 4.69) is 81.5 Å². The summed E-state index contributed by atoms with van der Waals surface area (Å²) in [5.74, 6) is -0.908. The second-order valence-electron chi connectivity index (χ2n) is 17.4. The monoisotopic (exact) mass is 867 g/mol. The summed E-state index contributed by atoms with van der Waals surface area (Å²) in [5, 5.41) is 0. The van der Waals surface area contributed by atoms with Crippen molar-refractivity contribution in [1.82, 2.24) is 0 Å². The van der Waals surface area contributed by atoms with E-state index in [0.717, 1.165) is 109 Å². The Morgan fingerprint density at radius 1 is 0.339 bits per heavy atom. The molecular weight excluding hydrogens is 769 g/mol. The van der Waals surface area contributed by atoms with Crippen LogP contribution in [-0.2, 0) is 28.6 Å². The number of carbonyl (C=O) groups excluding carboxylic acids is 3. The Balaban J connectivity index is 4.39. The lowest BCUT2D eigenvalue weighted by Crippen LogP contribution is -2.30. The summed E-state index contributed by atoms with van der Waals surface area (Å²) >= 11 is 0. The first-order valence-corrected chi connectivity index (χ1v) is 26.3. The molecule has 358 valence electrons. The van der Waals surface area contributed by atoms with Crippen molar-refractivity contribution in [2.75, 3.05) is 13.2 Å². The van der Waals surface area contributed by atoms with E-state index in [0.29, 0.717) is 19.3 Å². The highest BCUT2D eigenvalue weighted by Gasteiger charge is 2.19. The molecule has 0 spiro atoms. The normalized spacial score (nSPS) is 12.5. The van der Waals surface area contributed by atoms with E-state index < -0.39 is 6.10 Å². The molecule has 62 heavy (non-hydrogen) atoms. The molecule has 6 heteroatoms. The zero-order valence-corrected chi connectivity index (χ0v) is 40.9. The molecule has 0 saturated heterocycles. The molecular formula is C56H98O6. The molecule has 0 aromatic heterocycles. The van der Waals surface area contributed by atoms with Crippen LogP contribution in [-0.4, -0.2) is 37.2 Å². The van der Waals surface area contributed by atoms with E-state index in [1.165, 1.54) is 109 Å². The minimum Gasteiger partial charge on any atom is -0.462 e. The van der Waals surface area contributed by atoms with Crippen molar-refractivity contribution in [3.05, 3.63) is 60.8 Å². The largest absolute Gasteiger partial charge is 0.462 e. The summed E-state index contributed by atoms with van der Waals surface area (Å²) in [6.07, 6.45) is 62.0. The molecule has 0 fully saturated rings. The molecule has 0 aromatic carbocycles. The Hall–Kier alpha value is -2.89. The summed E-state index contributed by atoms with van der Waals surface area (Å²) in [6.45, 7) is 6.41. The van der Waals surface area contributed by atoms with Gasteiger partial charge >= 0.3 is 17.9 Å². The Labute approximate surface area is 383 Å². The summed E-state index contributed by atoms with van der Waals surface area (Å²) in [4.78, 5) is 38.0. The number of hydrogen-bond acceptors (Lipinski definition) is 6. The first-order valence-electron chi connectivity index (χ1n) is 26.3. The number of ether oxygens (including phenoxy) is 3. The van der Waals surface area contributed by atoms with Crippen LogP contribution in [0.2, 0.25) is 0 Å². The maximum Gasteiger partial charge on any atom is 0.306 e. The third-order valence-corrected chi connectivity index (χ3v) is 11.3. The number of allylic oxidation sites excluding steroid dienone is 10. The third kappa shape index (κ3) is 48.1. The molecule has 6 nitrogen and oxygen atoms in total. The van der Waals surface area contributed by atoms with E-state index in [1.807, 2.05) is 0 Å². The highest BCUT2D eigenvalue weighted by atomic mass is 16.6. The zero-order chi connectivity index (χ0) is 45.1. The van der Waals surface area contributed by atoms with E-state index in [9.17, 15) is 14.4 Å². The molecule has 0 amide bonds. The van der Waals surface area contributed by atoms with Crippen LogP contribution in [0, 0.1) is 0 Å². The fraction of sp³-hybridized carbons (Fsp3) is 0.768. The lowest BCUT2D eigenvalue weighted by atomic mass is 10.0. The molecule has 0 aromatic rings. The molecule has 1 unspecified atom stereocenters. The SMILES string of the molecule is CC/C=C\C/C=C\C/C=C\CCCCCCC(=O)OC(COC(=O)CCCCCCCCC/C=C\C/C=C\CC)COC(=O)CCCCCCCCCCCCCCCCCC. The van der Waals surface area contributed by atoms with Crippen LogP contribution in [0.4, 0.5) is 0 Å². The van der Waals surface area contributed by atoms with Crippen LogP contribution in [0.3, 0.4) is 0 Å². The molecule has 0 aliphatic rings. The number of hydrogen-bond donors (Lipinski definition) is 0. The Kier molecular flexibility index (Phi) is 48.4. The zero-order valence-electron chi connectivity index (χ0n) is 40.9. The molecule has 0 saturated carbocycles. The standard InChI is InChI=1S/C56H98O6/c1-4-7-10-13-16-19-22-25-28-29-32-34-37-40-43-46-49-55(58)61-52-53(62-56(59)50-47-44-41-38-35-31-27-24-21-18-15-12-9-6-3)51-60-54(57)48-45-42-39-36-33-30-26-23-20-17-14-11-8-5-2/h8-9,11-12,17-18,20-21,27,31,53H,4-7,10,13-16,19,22-26,28-30,32-52H2,1-3H3/b11-8-,12-9-,20-17-,21-18-,31-27-. The van der Waals surface area contributed by atoms with E-state index >= 15 is 0 Å². The number of carbonyl (C=O) groups is 3. The average Bonchev–Trinajstić information content (AvgIpc) is 3.27. The van der Waals surface area contributed by atoms with Crippen molar-refractivity contribution in [2.45, 2.75) is 264 Å². The number of unbranched alkanes of at least 4 members (excludes halogenated alkanes) is 26. The molecule has 1 atom stereocenters. The van der Waals surface area contributed by atoms with Gasteiger partial charge in [-0.1, -0.05) is 223 Å². The first-order chi connectivity index (χ1) is 30.5. The van der Waals surface area contributed by atoms with E-state index in [-0.39, 0.29) is 31.1 Å². The lowest BCUT2D eigenvalue weighted by Gasteiger charge is -2.18. The van der Waals surface area contributed by atoms with Gasteiger partial charge in [0, 0.05) is 19.3 Å². The molecule has 0 rings (SSSR count). The van der Waals surface area contributed by atoms with Crippen LogP contribution in [0.1, 0.15) is 258 Å². The predicted octanol–water partition coefficient (Wildman–Crippen LogP) is 17.3. The fourth-order valence-corrected chi connectivity index (χ4v) is 7.38. The maximum atomic E-state index is 12.8. The highest BCUT2D eigenvalue weighted by Crippen LogP contribution is 2.16. The molecule has 0 heterocycles. The summed E-state index contributed by atoms with van der Waals surface area (Å²) in [5.41, 5.74) is 0. The van der Waals surface area contributed by atoms with Crippen molar-refractivity contribution >= 4 is 17.9 Å². The van der Waals surface area contributed by atoms with Gasteiger partial charge in [-0.2, -0.15) is 0 Å². The molecule has 0 radical (unpaired) electrons. The number of esters is 3. The average molecular weight is 867 g/mol. The molecule has 0 N–H and O–H groups in total. The van der Waals surface area contributed by atoms with Gasteiger partial charge in [-0.15, -0.1) is 0 Å². The lowest BCUT2D eigenvalue weighted by molar-refractivity contribution is -0.167. The van der Waals surface area contributed by atoms with Crippen LogP contribution in [0.15, 0.2) is 60.8 Å². The van der Waals surface area contributed by atoms with Crippen LogP contribution < -0.4 is 0 Å². The first kappa shape index (κ1) is 59.1. The predicted molar refractivity (Wildman–Crippen MR) is 265 cm³/mol. The van der Waals surface area contributed by atoms with Gasteiger partial charge in [-0.05, 0) is 77.0 Å². The quantitative estimate of drug-likeness (QED) is 0.0262. The van der Waals surface area contributed by atoms with Crippen molar-refractivity contribution in [1.29, 1.82) is 0 Å². The van der Waals surface area contributed by atoms with Crippen molar-refractivity contribution in [3.8, 4) is 0 Å². The van der Waals surface area contributed by atoms with Crippen LogP contribution in [0.25, 0.3) is 0 Å². The van der Waals surface area contributed by atoms with Gasteiger partial charge in [0.05, 0.1) is 0 Å². The summed E-state index contributed by atoms with van der Waals surface area (Å²) in [6, 6.07) is 0. The minimum absolute atomic E-state index is 0.0840. The Morgan fingerprint density at radius 3 is 0.984 bits per heavy atom. The Bertz CT molecular complexity index is 1130. The molecule has 0 aliphatic carbocycles. The van der Waals surface area contributed by atoms with Gasteiger partial charge < -0.3 is 14.2 Å². The van der Waals surface area contributed by atoms with Crippen molar-refractivity contribution < 1.29 is 28.6 Å². The number of rotatable bonds is 47. The molecule has 0 bridgehead atoms. The Morgan fingerprint density at radius 2 is 0.629 bits per heavy atom. The maximum absolute atomic E-state index is 12.8. The van der Waals surface area contributed by atoms with Gasteiger partial charge in [0.15, 0.2) is 6.10 Å². The van der Waals surface area contributed by atoms with Gasteiger partial charge in [-0.25, -0.2) is 0 Å². The topological polar surface area (TPSA) is 78.9 Å².